The van der Waals surface area contributed by atoms with E-state index in [1.54, 1.807) is 32.2 Å². The molecule has 2 aromatic rings. The van der Waals surface area contributed by atoms with Gasteiger partial charge in [0.25, 0.3) is 0 Å². The van der Waals surface area contributed by atoms with Crippen molar-refractivity contribution in [1.82, 2.24) is 5.32 Å². The molecule has 1 aliphatic rings. The number of hydrogen-bond donors (Lipinski definition) is 1. The molecule has 1 aliphatic heterocycles. The van der Waals surface area contributed by atoms with Crippen LogP contribution in [0, 0.1) is 6.92 Å². The second kappa shape index (κ2) is 10.5. The third-order valence-corrected chi connectivity index (χ3v) is 7.63. The quantitative estimate of drug-likeness (QED) is 0.572. The van der Waals surface area contributed by atoms with Crippen LogP contribution in [-0.2, 0) is 14.8 Å². The van der Waals surface area contributed by atoms with Gasteiger partial charge in [-0.05, 0) is 67.6 Å². The fourth-order valence-electron chi connectivity index (χ4n) is 4.00. The van der Waals surface area contributed by atoms with Crippen molar-refractivity contribution in [3.05, 3.63) is 47.0 Å². The van der Waals surface area contributed by atoms with Gasteiger partial charge in [-0.1, -0.05) is 13.8 Å². The number of carbonyl (C=O) groups excluding carboxylic acids is 1. The average molecular weight is 491 g/mol. The number of nitrogens with zero attached hydrogens (tertiary/aromatic N) is 1. The molecule has 1 atom stereocenters. The number of anilines is 1. The van der Waals surface area contributed by atoms with Crippen molar-refractivity contribution in [1.29, 1.82) is 0 Å². The zero-order chi connectivity index (χ0) is 25.0. The lowest BCUT2D eigenvalue weighted by Crippen LogP contribution is -2.42. The average Bonchev–Trinajstić information content (AvgIpc) is 2.81. The number of methoxy groups -OCH3 is 1. The van der Waals surface area contributed by atoms with Gasteiger partial charge in [0.2, 0.25) is 15.9 Å². The summed E-state index contributed by atoms with van der Waals surface area (Å²) < 4.78 is 43.5. The van der Waals surface area contributed by atoms with Gasteiger partial charge >= 0.3 is 0 Å². The summed E-state index contributed by atoms with van der Waals surface area (Å²) in [6.07, 6.45) is 0. The molecular formula is C25H34N2O6S. The minimum atomic E-state index is -3.71. The summed E-state index contributed by atoms with van der Waals surface area (Å²) in [6, 6.07) is 8.58. The van der Waals surface area contributed by atoms with Crippen molar-refractivity contribution in [3.8, 4) is 17.2 Å². The Morgan fingerprint density at radius 2 is 1.76 bits per heavy atom. The highest BCUT2D eigenvalue weighted by atomic mass is 32.2. The maximum Gasteiger partial charge on any atom is 0.241 e. The number of amides is 1. The largest absolute Gasteiger partial charge is 0.496 e. The van der Waals surface area contributed by atoms with Gasteiger partial charge in [0, 0.05) is 6.07 Å². The summed E-state index contributed by atoms with van der Waals surface area (Å²) in [7, 11) is -2.07. The Bertz CT molecular complexity index is 1150. The number of aryl methyl sites for hydroxylation is 1. The van der Waals surface area contributed by atoms with Crippen LogP contribution in [0.3, 0.4) is 0 Å². The third kappa shape index (κ3) is 5.58. The van der Waals surface area contributed by atoms with Gasteiger partial charge in [0.05, 0.1) is 24.6 Å². The molecule has 0 bridgehead atoms. The van der Waals surface area contributed by atoms with Crippen LogP contribution in [0.5, 0.6) is 17.2 Å². The van der Waals surface area contributed by atoms with Gasteiger partial charge in [0.15, 0.2) is 11.5 Å². The first-order valence-corrected chi connectivity index (χ1v) is 13.1. The highest BCUT2D eigenvalue weighted by Crippen LogP contribution is 2.35. The van der Waals surface area contributed by atoms with E-state index in [2.05, 4.69) is 19.2 Å². The molecule has 9 heteroatoms. The molecule has 0 fully saturated rings. The van der Waals surface area contributed by atoms with Crippen molar-refractivity contribution in [2.75, 3.05) is 36.9 Å². The topological polar surface area (TPSA) is 94.2 Å². The van der Waals surface area contributed by atoms with Gasteiger partial charge in [-0.15, -0.1) is 0 Å². The molecule has 0 unspecified atom stereocenters. The van der Waals surface area contributed by atoms with Gasteiger partial charge in [0.1, 0.15) is 25.5 Å². The number of hydrogen-bond acceptors (Lipinski definition) is 6. The zero-order valence-corrected chi connectivity index (χ0v) is 21.5. The standard InChI is InChI=1S/C25H34N2O6S/c1-7-34(29,30)27(19-8-9-22-24(13-19)33-11-10-32-22)15-25(28)26-18(5)21-14-20(16(2)3)23(31-6)12-17(21)4/h8-9,12-14,16,18H,7,10-11,15H2,1-6H3,(H,26,28)/t18-/m1/s1. The monoisotopic (exact) mass is 490 g/mol. The normalized spacial score (nSPS) is 14.0. The Kier molecular flexibility index (Phi) is 7.97. The van der Waals surface area contributed by atoms with E-state index in [-0.39, 0.29) is 24.3 Å². The molecule has 34 heavy (non-hydrogen) atoms. The number of rotatable bonds is 9. The van der Waals surface area contributed by atoms with Crippen LogP contribution < -0.4 is 23.8 Å². The molecule has 8 nitrogen and oxygen atoms in total. The highest BCUT2D eigenvalue weighted by Gasteiger charge is 2.26. The number of ether oxygens (including phenoxy) is 3. The highest BCUT2D eigenvalue weighted by molar-refractivity contribution is 7.92. The van der Waals surface area contributed by atoms with Crippen molar-refractivity contribution in [2.45, 2.75) is 46.6 Å². The van der Waals surface area contributed by atoms with Crippen molar-refractivity contribution in [3.63, 3.8) is 0 Å². The van der Waals surface area contributed by atoms with Crippen LogP contribution in [0.4, 0.5) is 5.69 Å². The summed E-state index contributed by atoms with van der Waals surface area (Å²) >= 11 is 0. The second-order valence-electron chi connectivity index (χ2n) is 8.63. The SMILES string of the molecule is CCS(=O)(=O)N(CC(=O)N[C@H](C)c1cc(C(C)C)c(OC)cc1C)c1ccc2c(c1)OCCO2. The Hall–Kier alpha value is -2.94. The Balaban J connectivity index is 1.84. The van der Waals surface area contributed by atoms with Gasteiger partial charge in [-0.25, -0.2) is 8.42 Å². The number of nitrogens with one attached hydrogen (secondary N) is 1. The maximum absolute atomic E-state index is 13.0. The van der Waals surface area contributed by atoms with E-state index in [0.29, 0.717) is 30.4 Å². The fraction of sp³-hybridized carbons (Fsp3) is 0.480. The molecule has 0 aromatic heterocycles. The molecule has 0 saturated carbocycles. The van der Waals surface area contributed by atoms with Crippen LogP contribution in [0.2, 0.25) is 0 Å². The van der Waals surface area contributed by atoms with E-state index in [9.17, 15) is 13.2 Å². The first kappa shape index (κ1) is 25.7. The van der Waals surface area contributed by atoms with E-state index in [1.807, 2.05) is 26.0 Å². The molecule has 0 radical (unpaired) electrons. The summed E-state index contributed by atoms with van der Waals surface area (Å²) in [5.41, 5.74) is 3.35. The van der Waals surface area contributed by atoms with E-state index in [1.165, 1.54) is 0 Å². The van der Waals surface area contributed by atoms with Crippen LogP contribution in [0.1, 0.15) is 56.3 Å². The molecule has 186 valence electrons. The lowest BCUT2D eigenvalue weighted by molar-refractivity contribution is -0.120. The van der Waals surface area contributed by atoms with E-state index in [4.69, 9.17) is 14.2 Å². The summed E-state index contributed by atoms with van der Waals surface area (Å²) in [5.74, 6) is 1.54. The molecule has 0 spiro atoms. The summed E-state index contributed by atoms with van der Waals surface area (Å²) in [4.78, 5) is 13.0. The predicted octanol–water partition coefficient (Wildman–Crippen LogP) is 3.93. The Labute approximate surface area is 202 Å². The molecule has 2 aromatic carbocycles. The molecule has 1 amide bonds. The number of carbonyl (C=O) groups is 1. The Morgan fingerprint density at radius 3 is 2.38 bits per heavy atom. The molecule has 1 N–H and O–H groups in total. The number of sulfonamides is 1. The van der Waals surface area contributed by atoms with Crippen LogP contribution >= 0.6 is 0 Å². The third-order valence-electron chi connectivity index (χ3n) is 5.89. The van der Waals surface area contributed by atoms with Crippen molar-refractivity contribution in [2.24, 2.45) is 0 Å². The predicted molar refractivity (Wildman–Crippen MR) is 133 cm³/mol. The van der Waals surface area contributed by atoms with Crippen molar-refractivity contribution < 1.29 is 27.4 Å². The molecular weight excluding hydrogens is 456 g/mol. The fourth-order valence-corrected chi connectivity index (χ4v) is 5.06. The van der Waals surface area contributed by atoms with E-state index >= 15 is 0 Å². The zero-order valence-electron chi connectivity index (χ0n) is 20.7. The molecule has 0 saturated heterocycles. The van der Waals surface area contributed by atoms with Crippen LogP contribution in [0.25, 0.3) is 0 Å². The molecule has 3 rings (SSSR count). The molecule has 1 heterocycles. The lowest BCUT2D eigenvalue weighted by atomic mass is 9.93. The number of benzene rings is 2. The lowest BCUT2D eigenvalue weighted by Gasteiger charge is -2.27. The molecule has 0 aliphatic carbocycles. The maximum atomic E-state index is 13.0. The van der Waals surface area contributed by atoms with E-state index in [0.717, 1.165) is 26.7 Å². The van der Waals surface area contributed by atoms with Gasteiger partial charge in [-0.3, -0.25) is 9.10 Å². The summed E-state index contributed by atoms with van der Waals surface area (Å²) in [6.45, 7) is 10.1. The van der Waals surface area contributed by atoms with Crippen LogP contribution in [0.15, 0.2) is 30.3 Å². The van der Waals surface area contributed by atoms with Gasteiger partial charge < -0.3 is 19.5 Å². The van der Waals surface area contributed by atoms with E-state index < -0.39 is 15.9 Å². The first-order valence-electron chi connectivity index (χ1n) is 11.4. The first-order chi connectivity index (χ1) is 16.1. The van der Waals surface area contributed by atoms with Crippen molar-refractivity contribution >= 4 is 21.6 Å². The summed E-state index contributed by atoms with van der Waals surface area (Å²) in [5, 5.41) is 2.96. The smallest absolute Gasteiger partial charge is 0.241 e. The number of fused-ring (bicyclic) bond motifs is 1. The Morgan fingerprint density at radius 1 is 1.09 bits per heavy atom. The minimum Gasteiger partial charge on any atom is -0.496 e. The van der Waals surface area contributed by atoms with Gasteiger partial charge in [-0.2, -0.15) is 0 Å². The minimum absolute atomic E-state index is 0.139. The van der Waals surface area contributed by atoms with Crippen LogP contribution in [-0.4, -0.2) is 46.9 Å². The second-order valence-corrected chi connectivity index (χ2v) is 10.8.